The van der Waals surface area contributed by atoms with Gasteiger partial charge in [0.1, 0.15) is 23.4 Å². The molecule has 5 N–H and O–H groups in total. The molecule has 3 aromatic rings. The van der Waals surface area contributed by atoms with Crippen LogP contribution in [0.15, 0.2) is 52.9 Å². The molecule has 17 heteroatoms. The number of amides is 4. The van der Waals surface area contributed by atoms with Crippen LogP contribution in [-0.4, -0.2) is 82.7 Å². The number of halogens is 1. The zero-order valence-electron chi connectivity index (χ0n) is 30.9. The number of hydroxylamine groups is 2. The van der Waals surface area contributed by atoms with E-state index in [1.807, 2.05) is 6.92 Å². The minimum atomic E-state index is -1.68. The summed E-state index contributed by atoms with van der Waals surface area (Å²) in [5.74, 6) is -7.12. The molecule has 0 spiro atoms. The van der Waals surface area contributed by atoms with Crippen LogP contribution < -0.4 is 20.7 Å². The number of nitrogens with one attached hydrogen (secondary N) is 3. The van der Waals surface area contributed by atoms with Crippen molar-refractivity contribution in [3.8, 4) is 17.1 Å². The fourth-order valence-corrected chi connectivity index (χ4v) is 5.72. The molecule has 0 saturated carbocycles. The minimum Gasteiger partial charge on any atom is -0.493 e. The van der Waals surface area contributed by atoms with Crippen LogP contribution in [-0.2, 0) is 24.0 Å². The molecular weight excluding hydrogens is 723 g/mol. The van der Waals surface area contributed by atoms with Gasteiger partial charge in [0.25, 0.3) is 11.8 Å². The summed E-state index contributed by atoms with van der Waals surface area (Å²) in [6, 6.07) is 8.09. The van der Waals surface area contributed by atoms with Gasteiger partial charge in [-0.15, -0.1) is 0 Å². The SMILES string of the molecule is CCCCC[C@@H](C(=O)NCNC(=O)c1ccc(-c2ccc(C(=O)NC(CC(=O)O)C(=O)O)c(OCC)c2)o1)[C@@H](CC)N(C=O)OC(=O)c1ccc(F)cc1C. The normalized spacial score (nSPS) is 12.4. The van der Waals surface area contributed by atoms with E-state index in [4.69, 9.17) is 19.1 Å². The number of rotatable bonds is 22. The van der Waals surface area contributed by atoms with Crippen molar-refractivity contribution in [1.29, 1.82) is 0 Å². The molecule has 1 unspecified atom stereocenters. The summed E-state index contributed by atoms with van der Waals surface area (Å²) < 4.78 is 24.9. The van der Waals surface area contributed by atoms with Crippen LogP contribution in [0.5, 0.6) is 5.75 Å². The third-order valence-corrected chi connectivity index (χ3v) is 8.50. The van der Waals surface area contributed by atoms with E-state index in [9.17, 15) is 43.1 Å². The number of aliphatic carboxylic acids is 2. The Balaban J connectivity index is 1.70. The number of unbranched alkanes of at least 4 members (excludes halogenated alkanes) is 2. The van der Waals surface area contributed by atoms with E-state index in [0.717, 1.165) is 30.0 Å². The fourth-order valence-electron chi connectivity index (χ4n) is 5.72. The van der Waals surface area contributed by atoms with Crippen LogP contribution in [0.1, 0.15) is 96.1 Å². The number of carboxylic acid groups (broad SMARTS) is 2. The second-order valence-corrected chi connectivity index (χ2v) is 12.4. The fraction of sp³-hybridized carbons (Fsp3) is 0.395. The number of benzene rings is 2. The molecular formula is C38H45FN4O12. The Morgan fingerprint density at radius 3 is 2.27 bits per heavy atom. The quantitative estimate of drug-likeness (QED) is 0.0413. The molecule has 296 valence electrons. The highest BCUT2D eigenvalue weighted by atomic mass is 19.1. The highest BCUT2D eigenvalue weighted by molar-refractivity contribution is 6.00. The first-order chi connectivity index (χ1) is 26.2. The van der Waals surface area contributed by atoms with E-state index in [1.165, 1.54) is 43.3 Å². The highest BCUT2D eigenvalue weighted by Crippen LogP contribution is 2.29. The van der Waals surface area contributed by atoms with E-state index >= 15 is 0 Å². The summed E-state index contributed by atoms with van der Waals surface area (Å²) in [7, 11) is 0. The van der Waals surface area contributed by atoms with Crippen LogP contribution in [0.25, 0.3) is 11.3 Å². The number of carbonyl (C=O) groups excluding carboxylic acids is 5. The summed E-state index contributed by atoms with van der Waals surface area (Å²) in [5, 5.41) is 26.4. The maximum atomic E-state index is 13.6. The molecule has 0 radical (unpaired) electrons. The summed E-state index contributed by atoms with van der Waals surface area (Å²) >= 11 is 0. The molecule has 0 bridgehead atoms. The Kier molecular flexibility index (Phi) is 16.3. The molecule has 1 aromatic heterocycles. The topological polar surface area (TPSA) is 231 Å². The van der Waals surface area contributed by atoms with Crippen molar-refractivity contribution < 1.29 is 62.2 Å². The van der Waals surface area contributed by atoms with Gasteiger partial charge in [0.2, 0.25) is 12.3 Å². The van der Waals surface area contributed by atoms with E-state index in [2.05, 4.69) is 16.0 Å². The third kappa shape index (κ3) is 12.1. The minimum absolute atomic E-state index is 0.0504. The lowest BCUT2D eigenvalue weighted by molar-refractivity contribution is -0.171. The second-order valence-electron chi connectivity index (χ2n) is 12.4. The lowest BCUT2D eigenvalue weighted by Crippen LogP contribution is -2.49. The van der Waals surface area contributed by atoms with E-state index in [1.54, 1.807) is 13.8 Å². The number of carboxylic acids is 2. The van der Waals surface area contributed by atoms with Crippen LogP contribution in [0, 0.1) is 18.7 Å². The van der Waals surface area contributed by atoms with E-state index < -0.39 is 65.9 Å². The van der Waals surface area contributed by atoms with Gasteiger partial charge in [0, 0.05) is 5.56 Å². The molecule has 0 fully saturated rings. The highest BCUT2D eigenvalue weighted by Gasteiger charge is 2.34. The number of aryl methyl sites for hydroxylation is 1. The molecule has 0 aliphatic carbocycles. The lowest BCUT2D eigenvalue weighted by atomic mass is 9.90. The monoisotopic (exact) mass is 768 g/mol. The first kappa shape index (κ1) is 43.1. The van der Waals surface area contributed by atoms with Gasteiger partial charge in [-0.2, -0.15) is 5.06 Å². The van der Waals surface area contributed by atoms with Gasteiger partial charge in [-0.25, -0.2) is 14.0 Å². The third-order valence-electron chi connectivity index (χ3n) is 8.50. The smallest absolute Gasteiger partial charge is 0.363 e. The molecule has 3 rings (SSSR count). The number of nitrogens with zero attached hydrogens (tertiary/aromatic N) is 1. The molecule has 1 heterocycles. The number of carbonyl (C=O) groups is 7. The molecule has 16 nitrogen and oxygen atoms in total. The average molecular weight is 769 g/mol. The number of ether oxygens (including phenoxy) is 1. The van der Waals surface area contributed by atoms with Crippen LogP contribution in [0.3, 0.4) is 0 Å². The van der Waals surface area contributed by atoms with Crippen LogP contribution in [0.4, 0.5) is 4.39 Å². The molecule has 4 amide bonds. The Bertz CT molecular complexity index is 1860. The number of hydrogen-bond acceptors (Lipinski definition) is 10. The molecule has 0 aliphatic heterocycles. The molecule has 0 aliphatic rings. The van der Waals surface area contributed by atoms with Gasteiger partial charge < -0.3 is 40.2 Å². The maximum absolute atomic E-state index is 13.6. The number of furan rings is 1. The van der Waals surface area contributed by atoms with Crippen molar-refractivity contribution in [2.45, 2.75) is 78.3 Å². The summed E-state index contributed by atoms with van der Waals surface area (Å²) in [4.78, 5) is 92.3. The van der Waals surface area contributed by atoms with Gasteiger partial charge in [-0.3, -0.25) is 24.0 Å². The van der Waals surface area contributed by atoms with Crippen molar-refractivity contribution in [2.75, 3.05) is 13.3 Å². The standard InChI is InChI=1S/C38H45FN4O12/c1-5-8-9-10-26(29(6-2)43(21-44)55-38(52)25-14-12-24(39)17-22(25)4)34(47)40-20-41-36(49)31-16-15-30(54-31)23-11-13-27(32(18-23)53-7-3)35(48)42-28(37(50)51)19-33(45)46/h11-18,21,26,28-29H,5-10,19-20H2,1-4H3,(H,40,47)(H,41,49)(H,42,48)(H,45,46)(H,50,51)/t26-,28?,29-/m1/s1. The number of hydrogen-bond donors (Lipinski definition) is 5. The average Bonchev–Trinajstić information content (AvgIpc) is 3.64. The van der Waals surface area contributed by atoms with E-state index in [0.29, 0.717) is 30.4 Å². The predicted octanol–water partition coefficient (Wildman–Crippen LogP) is 4.46. The summed E-state index contributed by atoms with van der Waals surface area (Å²) in [5.41, 5.74) is 0.696. The molecule has 2 aromatic carbocycles. The van der Waals surface area contributed by atoms with Crippen LogP contribution >= 0.6 is 0 Å². The van der Waals surface area contributed by atoms with Crippen molar-refractivity contribution in [3.63, 3.8) is 0 Å². The van der Waals surface area contributed by atoms with Gasteiger partial charge in [0.05, 0.1) is 42.8 Å². The molecule has 3 atom stereocenters. The molecule has 0 saturated heterocycles. The lowest BCUT2D eigenvalue weighted by Gasteiger charge is -2.32. The van der Waals surface area contributed by atoms with Crippen LogP contribution in [0.2, 0.25) is 0 Å². The first-order valence-electron chi connectivity index (χ1n) is 17.6. The van der Waals surface area contributed by atoms with Gasteiger partial charge >= 0.3 is 17.9 Å². The molecule has 55 heavy (non-hydrogen) atoms. The maximum Gasteiger partial charge on any atom is 0.363 e. The van der Waals surface area contributed by atoms with E-state index in [-0.39, 0.29) is 48.1 Å². The Labute approximate surface area is 316 Å². The Morgan fingerprint density at radius 2 is 1.65 bits per heavy atom. The second kappa shape index (κ2) is 20.8. The largest absolute Gasteiger partial charge is 0.493 e. The van der Waals surface area contributed by atoms with Crippen molar-refractivity contribution >= 4 is 42.0 Å². The Morgan fingerprint density at radius 1 is 0.927 bits per heavy atom. The summed E-state index contributed by atoms with van der Waals surface area (Å²) in [6.45, 7) is 6.71. The van der Waals surface area contributed by atoms with Gasteiger partial charge in [-0.1, -0.05) is 39.2 Å². The zero-order valence-corrected chi connectivity index (χ0v) is 30.9. The van der Waals surface area contributed by atoms with Gasteiger partial charge in [-0.05, 0) is 74.7 Å². The zero-order chi connectivity index (χ0) is 40.7. The van der Waals surface area contributed by atoms with Crippen molar-refractivity contribution in [2.24, 2.45) is 5.92 Å². The van der Waals surface area contributed by atoms with Crippen molar-refractivity contribution in [3.05, 3.63) is 76.8 Å². The first-order valence-corrected chi connectivity index (χ1v) is 17.6. The summed E-state index contributed by atoms with van der Waals surface area (Å²) in [6.07, 6.45) is 2.36. The van der Waals surface area contributed by atoms with Crippen molar-refractivity contribution in [1.82, 2.24) is 21.0 Å². The predicted molar refractivity (Wildman–Crippen MR) is 193 cm³/mol. The van der Waals surface area contributed by atoms with Gasteiger partial charge in [0.15, 0.2) is 5.76 Å². The Hall–Kier alpha value is -6.26.